The van der Waals surface area contributed by atoms with Crippen molar-refractivity contribution in [2.45, 2.75) is 44.2 Å². The maximum absolute atomic E-state index is 12.5. The van der Waals surface area contributed by atoms with Gasteiger partial charge in [0.25, 0.3) is 0 Å². The predicted molar refractivity (Wildman–Crippen MR) is 100 cm³/mol. The number of aliphatic hydroxyl groups excluding tert-OH is 1. The van der Waals surface area contributed by atoms with Crippen molar-refractivity contribution in [2.75, 3.05) is 11.4 Å². The maximum Gasteiger partial charge on any atom is 0.227 e. The van der Waals surface area contributed by atoms with Gasteiger partial charge in [-0.2, -0.15) is 0 Å². The zero-order chi connectivity index (χ0) is 17.6. The summed E-state index contributed by atoms with van der Waals surface area (Å²) in [6.07, 6.45) is 2.55. The van der Waals surface area contributed by atoms with E-state index in [9.17, 15) is 9.90 Å². The standard InChI is InChI=1S/C21H26N2O2/c22-18(11-10-16-6-2-1-3-7-16)20(24)12-13-21(25)23-15-14-17-8-4-5-9-19(17)23/h1-9,18,20,24H,10-15,22H2. The number of para-hydroxylation sites is 1. The van der Waals surface area contributed by atoms with Crippen molar-refractivity contribution >= 4 is 11.6 Å². The third kappa shape index (κ3) is 4.47. The second-order valence-electron chi connectivity index (χ2n) is 6.72. The number of hydrogen-bond acceptors (Lipinski definition) is 3. The summed E-state index contributed by atoms with van der Waals surface area (Å²) in [6.45, 7) is 0.730. The van der Waals surface area contributed by atoms with E-state index < -0.39 is 6.10 Å². The number of amides is 1. The average Bonchev–Trinajstić information content (AvgIpc) is 3.09. The fourth-order valence-corrected chi connectivity index (χ4v) is 3.39. The molecule has 0 spiro atoms. The number of nitrogens with two attached hydrogens (primary N) is 1. The maximum atomic E-state index is 12.5. The molecule has 2 aromatic carbocycles. The molecule has 3 N–H and O–H groups in total. The zero-order valence-electron chi connectivity index (χ0n) is 14.5. The molecule has 2 aromatic rings. The van der Waals surface area contributed by atoms with E-state index >= 15 is 0 Å². The molecule has 25 heavy (non-hydrogen) atoms. The number of aryl methyl sites for hydroxylation is 1. The Labute approximate surface area is 149 Å². The molecule has 0 fully saturated rings. The van der Waals surface area contributed by atoms with Crippen LogP contribution in [0.5, 0.6) is 0 Å². The first-order valence-corrected chi connectivity index (χ1v) is 9.01. The summed E-state index contributed by atoms with van der Waals surface area (Å²) in [5, 5.41) is 10.3. The molecule has 132 valence electrons. The predicted octanol–water partition coefficient (Wildman–Crippen LogP) is 2.68. The monoisotopic (exact) mass is 338 g/mol. The van der Waals surface area contributed by atoms with Crippen LogP contribution in [0.25, 0.3) is 0 Å². The fourth-order valence-electron chi connectivity index (χ4n) is 3.39. The van der Waals surface area contributed by atoms with E-state index in [2.05, 4.69) is 18.2 Å². The van der Waals surface area contributed by atoms with Crippen molar-refractivity contribution in [3.63, 3.8) is 0 Å². The Morgan fingerprint density at radius 1 is 1.08 bits per heavy atom. The molecule has 2 unspecified atom stereocenters. The van der Waals surface area contributed by atoms with Crippen LogP contribution in [-0.2, 0) is 17.6 Å². The van der Waals surface area contributed by atoms with Crippen LogP contribution in [0.3, 0.4) is 0 Å². The third-order valence-corrected chi connectivity index (χ3v) is 4.95. The van der Waals surface area contributed by atoms with E-state index in [1.54, 1.807) is 0 Å². The zero-order valence-corrected chi connectivity index (χ0v) is 14.5. The van der Waals surface area contributed by atoms with Crippen molar-refractivity contribution < 1.29 is 9.90 Å². The highest BCUT2D eigenvalue weighted by Crippen LogP contribution is 2.28. The number of hydrogen-bond donors (Lipinski definition) is 2. The quantitative estimate of drug-likeness (QED) is 0.816. The van der Waals surface area contributed by atoms with Crippen LogP contribution in [0.15, 0.2) is 54.6 Å². The molecule has 1 aliphatic rings. The highest BCUT2D eigenvalue weighted by Gasteiger charge is 2.25. The summed E-state index contributed by atoms with van der Waals surface area (Å²) < 4.78 is 0. The van der Waals surface area contributed by atoms with Crippen LogP contribution in [0, 0.1) is 0 Å². The summed E-state index contributed by atoms with van der Waals surface area (Å²) in [5.41, 5.74) is 9.55. The van der Waals surface area contributed by atoms with Gasteiger partial charge in [0.05, 0.1) is 6.10 Å². The van der Waals surface area contributed by atoms with Crippen molar-refractivity contribution in [1.29, 1.82) is 0 Å². The second-order valence-corrected chi connectivity index (χ2v) is 6.72. The molecule has 4 nitrogen and oxygen atoms in total. The Balaban J connectivity index is 1.45. The molecule has 0 radical (unpaired) electrons. The molecule has 0 aliphatic carbocycles. The lowest BCUT2D eigenvalue weighted by Gasteiger charge is -2.21. The van der Waals surface area contributed by atoms with Crippen LogP contribution in [0.2, 0.25) is 0 Å². The first-order valence-electron chi connectivity index (χ1n) is 9.01. The number of anilines is 1. The van der Waals surface area contributed by atoms with Gasteiger partial charge in [-0.05, 0) is 42.9 Å². The van der Waals surface area contributed by atoms with Crippen LogP contribution in [0.1, 0.15) is 30.4 Å². The number of rotatable bonds is 7. The average molecular weight is 338 g/mol. The minimum atomic E-state index is -0.648. The van der Waals surface area contributed by atoms with E-state index in [-0.39, 0.29) is 11.9 Å². The molecule has 2 atom stereocenters. The van der Waals surface area contributed by atoms with Gasteiger partial charge in [-0.25, -0.2) is 0 Å². The minimum absolute atomic E-state index is 0.0688. The molecule has 1 heterocycles. The summed E-state index contributed by atoms with van der Waals surface area (Å²) in [7, 11) is 0. The van der Waals surface area contributed by atoms with Gasteiger partial charge in [-0.3, -0.25) is 4.79 Å². The van der Waals surface area contributed by atoms with Gasteiger partial charge in [-0.1, -0.05) is 48.5 Å². The van der Waals surface area contributed by atoms with Gasteiger partial charge >= 0.3 is 0 Å². The highest BCUT2D eigenvalue weighted by molar-refractivity contribution is 5.95. The SMILES string of the molecule is NC(CCc1ccccc1)C(O)CCC(=O)N1CCc2ccccc21. The number of benzene rings is 2. The molecule has 1 aliphatic heterocycles. The lowest BCUT2D eigenvalue weighted by atomic mass is 9.99. The van der Waals surface area contributed by atoms with Crippen LogP contribution in [-0.4, -0.2) is 29.7 Å². The Bertz CT molecular complexity index is 702. The Kier molecular flexibility index (Phi) is 5.84. The molecule has 0 saturated carbocycles. The topological polar surface area (TPSA) is 66.6 Å². The molecular weight excluding hydrogens is 312 g/mol. The van der Waals surface area contributed by atoms with E-state index in [4.69, 9.17) is 5.73 Å². The summed E-state index contributed by atoms with van der Waals surface area (Å²) in [5.74, 6) is 0.0688. The van der Waals surface area contributed by atoms with Gasteiger partial charge < -0.3 is 15.7 Å². The minimum Gasteiger partial charge on any atom is -0.391 e. The molecule has 1 amide bonds. The smallest absolute Gasteiger partial charge is 0.227 e. The number of fused-ring (bicyclic) bond motifs is 1. The van der Waals surface area contributed by atoms with Gasteiger partial charge in [0.2, 0.25) is 5.91 Å². The van der Waals surface area contributed by atoms with Crippen molar-refractivity contribution in [1.82, 2.24) is 0 Å². The van der Waals surface area contributed by atoms with Crippen molar-refractivity contribution in [3.05, 3.63) is 65.7 Å². The highest BCUT2D eigenvalue weighted by atomic mass is 16.3. The molecule has 0 saturated heterocycles. The van der Waals surface area contributed by atoms with E-state index in [0.717, 1.165) is 25.1 Å². The Morgan fingerprint density at radius 2 is 1.80 bits per heavy atom. The number of nitrogens with zero attached hydrogens (tertiary/aromatic N) is 1. The number of aliphatic hydroxyl groups is 1. The summed E-state index contributed by atoms with van der Waals surface area (Å²) in [6, 6.07) is 17.8. The van der Waals surface area contributed by atoms with E-state index in [1.165, 1.54) is 11.1 Å². The summed E-state index contributed by atoms with van der Waals surface area (Å²) >= 11 is 0. The molecule has 0 bridgehead atoms. The number of carbonyl (C=O) groups excluding carboxylic acids is 1. The van der Waals surface area contributed by atoms with Crippen LogP contribution < -0.4 is 10.6 Å². The van der Waals surface area contributed by atoms with Gasteiger partial charge in [0.1, 0.15) is 0 Å². The molecule has 0 aromatic heterocycles. The fraction of sp³-hybridized carbons (Fsp3) is 0.381. The van der Waals surface area contributed by atoms with Gasteiger partial charge in [0.15, 0.2) is 0 Å². The number of carbonyl (C=O) groups is 1. The lowest BCUT2D eigenvalue weighted by Crippen LogP contribution is -2.37. The summed E-state index contributed by atoms with van der Waals surface area (Å²) in [4.78, 5) is 14.3. The largest absolute Gasteiger partial charge is 0.391 e. The third-order valence-electron chi connectivity index (χ3n) is 4.95. The molecule has 3 rings (SSSR count). The van der Waals surface area contributed by atoms with Gasteiger partial charge in [0, 0.05) is 24.7 Å². The first kappa shape index (κ1) is 17.6. The van der Waals surface area contributed by atoms with Crippen molar-refractivity contribution in [3.8, 4) is 0 Å². The Morgan fingerprint density at radius 3 is 2.60 bits per heavy atom. The van der Waals surface area contributed by atoms with E-state index in [1.807, 2.05) is 41.3 Å². The Hall–Kier alpha value is -2.17. The van der Waals surface area contributed by atoms with E-state index in [0.29, 0.717) is 19.3 Å². The van der Waals surface area contributed by atoms with Crippen molar-refractivity contribution in [2.24, 2.45) is 5.73 Å². The molecular formula is C21H26N2O2. The normalized spacial score (nSPS) is 15.7. The first-order chi connectivity index (χ1) is 12.1. The second kappa shape index (κ2) is 8.28. The van der Waals surface area contributed by atoms with Gasteiger partial charge in [-0.15, -0.1) is 0 Å². The van der Waals surface area contributed by atoms with Crippen LogP contribution >= 0.6 is 0 Å². The molecule has 4 heteroatoms. The van der Waals surface area contributed by atoms with Crippen LogP contribution in [0.4, 0.5) is 5.69 Å². The lowest BCUT2D eigenvalue weighted by molar-refractivity contribution is -0.119.